The number of hydrogen-bond acceptors (Lipinski definition) is 4. The van der Waals surface area contributed by atoms with E-state index < -0.39 is 24.5 Å². The summed E-state index contributed by atoms with van der Waals surface area (Å²) in [4.78, 5) is 41.4. The van der Waals surface area contributed by atoms with Crippen LogP contribution in [0.25, 0.3) is 10.9 Å². The number of hydrogen-bond donors (Lipinski definition) is 2. The molecule has 0 fully saturated rings. The Hall–Kier alpha value is -3.61. The molecule has 1 amide bonds. The van der Waals surface area contributed by atoms with E-state index in [0.29, 0.717) is 21.2 Å². The molecule has 0 saturated heterocycles. The van der Waals surface area contributed by atoms with Gasteiger partial charge in [0.1, 0.15) is 6.04 Å². The van der Waals surface area contributed by atoms with Gasteiger partial charge in [-0.2, -0.15) is 0 Å². The molecule has 0 saturated carbocycles. The van der Waals surface area contributed by atoms with Crippen molar-refractivity contribution in [1.82, 2.24) is 10.3 Å². The topological polar surface area (TPSA) is 88.3 Å². The smallest absolute Gasteiger partial charge is 0.329 e. The number of amides is 1. The molecule has 8 heteroatoms. The maximum Gasteiger partial charge on any atom is 0.329 e. The van der Waals surface area contributed by atoms with E-state index in [1.54, 1.807) is 54.7 Å². The first-order valence-electron chi connectivity index (χ1n) is 10.5. The van der Waals surface area contributed by atoms with Gasteiger partial charge in [0.25, 0.3) is 5.91 Å². The number of esters is 1. The van der Waals surface area contributed by atoms with Crippen LogP contribution in [0.2, 0.25) is 10.0 Å². The van der Waals surface area contributed by atoms with Crippen LogP contribution in [0.5, 0.6) is 0 Å². The normalized spacial score (nSPS) is 11.7. The molecule has 3 aromatic carbocycles. The number of para-hydroxylation sites is 1. The number of carbonyl (C=O) groups is 3. The van der Waals surface area contributed by atoms with Gasteiger partial charge in [0.2, 0.25) is 0 Å². The molecule has 0 spiro atoms. The van der Waals surface area contributed by atoms with Gasteiger partial charge in [0.15, 0.2) is 12.4 Å². The number of H-pyrrole nitrogens is 1. The highest BCUT2D eigenvalue weighted by atomic mass is 35.5. The lowest BCUT2D eigenvalue weighted by atomic mass is 10.0. The van der Waals surface area contributed by atoms with Gasteiger partial charge in [-0.25, -0.2) is 4.79 Å². The van der Waals surface area contributed by atoms with Crippen LogP contribution < -0.4 is 5.32 Å². The first-order valence-corrected chi connectivity index (χ1v) is 11.2. The third-order valence-corrected chi connectivity index (χ3v) is 5.81. The predicted octanol–water partition coefficient (Wildman–Crippen LogP) is 5.24. The minimum atomic E-state index is -1.01. The van der Waals surface area contributed by atoms with Crippen LogP contribution >= 0.6 is 23.2 Å². The molecule has 1 atom stereocenters. The van der Waals surface area contributed by atoms with Gasteiger partial charge in [-0.1, -0.05) is 41.4 Å². The lowest BCUT2D eigenvalue weighted by molar-refractivity contribution is -0.144. The zero-order valence-corrected chi connectivity index (χ0v) is 19.4. The summed E-state index contributed by atoms with van der Waals surface area (Å²) in [6.45, 7) is -0.457. The molecule has 6 nitrogen and oxygen atoms in total. The Morgan fingerprint density at radius 1 is 0.853 bits per heavy atom. The highest BCUT2D eigenvalue weighted by Crippen LogP contribution is 2.20. The Bertz CT molecular complexity index is 1330. The van der Waals surface area contributed by atoms with E-state index in [-0.39, 0.29) is 12.2 Å². The number of halogens is 2. The second-order valence-electron chi connectivity index (χ2n) is 7.63. The summed E-state index contributed by atoms with van der Waals surface area (Å²) < 4.78 is 5.30. The van der Waals surface area contributed by atoms with Crippen molar-refractivity contribution >= 4 is 51.8 Å². The summed E-state index contributed by atoms with van der Waals surface area (Å²) in [7, 11) is 0. The molecule has 172 valence electrons. The number of fused-ring (bicyclic) bond motifs is 1. The Morgan fingerprint density at radius 2 is 1.47 bits per heavy atom. The van der Waals surface area contributed by atoms with Crippen molar-refractivity contribution in [3.05, 3.63) is 106 Å². The van der Waals surface area contributed by atoms with Crippen LogP contribution in [-0.4, -0.2) is 35.3 Å². The maximum atomic E-state index is 13.0. The van der Waals surface area contributed by atoms with Crippen molar-refractivity contribution in [1.29, 1.82) is 0 Å². The van der Waals surface area contributed by atoms with Gasteiger partial charge in [0, 0.05) is 44.7 Å². The fourth-order valence-corrected chi connectivity index (χ4v) is 3.76. The first kappa shape index (κ1) is 23.5. The molecular weight excluding hydrogens is 475 g/mol. The van der Waals surface area contributed by atoms with E-state index in [0.717, 1.165) is 16.5 Å². The Morgan fingerprint density at radius 3 is 2.15 bits per heavy atom. The highest BCUT2D eigenvalue weighted by molar-refractivity contribution is 6.31. The summed E-state index contributed by atoms with van der Waals surface area (Å²) in [5, 5.41) is 4.65. The fraction of sp³-hybridized carbons (Fsp3) is 0.115. The molecule has 4 aromatic rings. The van der Waals surface area contributed by atoms with E-state index >= 15 is 0 Å². The van der Waals surface area contributed by atoms with Crippen molar-refractivity contribution in [3.63, 3.8) is 0 Å². The van der Waals surface area contributed by atoms with Crippen molar-refractivity contribution in [2.45, 2.75) is 12.5 Å². The fourth-order valence-electron chi connectivity index (χ4n) is 3.51. The summed E-state index contributed by atoms with van der Waals surface area (Å²) in [6.07, 6.45) is 1.97. The number of Topliss-reactive ketones (excluding diaryl/α,β-unsaturated/α-hetero) is 1. The van der Waals surface area contributed by atoms with Crippen LogP contribution in [0.3, 0.4) is 0 Å². The molecule has 1 heterocycles. The number of carbonyl (C=O) groups excluding carboxylic acids is 3. The molecule has 0 aliphatic rings. The highest BCUT2D eigenvalue weighted by Gasteiger charge is 2.25. The number of ether oxygens (including phenoxy) is 1. The summed E-state index contributed by atoms with van der Waals surface area (Å²) >= 11 is 11.8. The quantitative estimate of drug-likeness (QED) is 0.259. The van der Waals surface area contributed by atoms with Crippen LogP contribution in [-0.2, 0) is 16.0 Å². The second kappa shape index (κ2) is 10.5. The molecule has 0 aliphatic heterocycles. The predicted molar refractivity (Wildman–Crippen MR) is 131 cm³/mol. The van der Waals surface area contributed by atoms with E-state index in [1.807, 2.05) is 24.3 Å². The standard InChI is InChI=1S/C26H20Cl2N2O4/c27-19-9-5-16(6-10-19)24(31)15-34-26(33)23(30-25(32)17-7-11-20(28)12-8-17)13-18-14-29-22-4-2-1-3-21(18)22/h1-12,14,23,29H,13,15H2,(H,30,32)/t23-/m1/s1. The summed E-state index contributed by atoms with van der Waals surface area (Å²) in [5.74, 6) is -1.54. The lowest BCUT2D eigenvalue weighted by Crippen LogP contribution is -2.43. The average molecular weight is 495 g/mol. The van der Waals surface area contributed by atoms with Gasteiger partial charge < -0.3 is 15.0 Å². The number of ketones is 1. The molecule has 0 unspecified atom stereocenters. The molecule has 2 N–H and O–H groups in total. The number of aromatic amines is 1. The van der Waals surface area contributed by atoms with Gasteiger partial charge in [-0.05, 0) is 60.2 Å². The molecule has 34 heavy (non-hydrogen) atoms. The van der Waals surface area contributed by atoms with Crippen molar-refractivity contribution in [2.75, 3.05) is 6.61 Å². The van der Waals surface area contributed by atoms with Crippen LogP contribution in [0.4, 0.5) is 0 Å². The monoisotopic (exact) mass is 494 g/mol. The Balaban J connectivity index is 1.51. The number of nitrogens with one attached hydrogen (secondary N) is 2. The molecule has 0 aliphatic carbocycles. The van der Waals surface area contributed by atoms with Crippen LogP contribution in [0.15, 0.2) is 79.0 Å². The second-order valence-corrected chi connectivity index (χ2v) is 8.51. The SMILES string of the molecule is O=C(COC(=O)[C@@H](Cc1c[nH]c2ccccc12)NC(=O)c1ccc(Cl)cc1)c1ccc(Cl)cc1. The number of benzene rings is 3. The number of rotatable bonds is 8. The average Bonchev–Trinajstić information content (AvgIpc) is 3.25. The van der Waals surface area contributed by atoms with Crippen LogP contribution in [0.1, 0.15) is 26.3 Å². The van der Waals surface area contributed by atoms with E-state index in [9.17, 15) is 14.4 Å². The van der Waals surface area contributed by atoms with Gasteiger partial charge in [-0.3, -0.25) is 9.59 Å². The van der Waals surface area contributed by atoms with Crippen molar-refractivity contribution < 1.29 is 19.1 Å². The largest absolute Gasteiger partial charge is 0.456 e. The zero-order chi connectivity index (χ0) is 24.1. The molecule has 0 bridgehead atoms. The molecule has 4 rings (SSSR count). The third kappa shape index (κ3) is 5.65. The van der Waals surface area contributed by atoms with Gasteiger partial charge >= 0.3 is 5.97 Å². The molecule has 1 aromatic heterocycles. The number of aromatic nitrogens is 1. The Labute approximate surface area is 205 Å². The zero-order valence-electron chi connectivity index (χ0n) is 17.9. The van der Waals surface area contributed by atoms with E-state index in [2.05, 4.69) is 10.3 Å². The lowest BCUT2D eigenvalue weighted by Gasteiger charge is -2.17. The van der Waals surface area contributed by atoms with E-state index in [1.165, 1.54) is 0 Å². The first-order chi connectivity index (χ1) is 16.4. The van der Waals surface area contributed by atoms with Gasteiger partial charge in [0.05, 0.1) is 0 Å². The molecule has 0 radical (unpaired) electrons. The third-order valence-electron chi connectivity index (χ3n) is 5.31. The minimum absolute atomic E-state index is 0.178. The van der Waals surface area contributed by atoms with Crippen molar-refractivity contribution in [3.8, 4) is 0 Å². The minimum Gasteiger partial charge on any atom is -0.456 e. The summed E-state index contributed by atoms with van der Waals surface area (Å²) in [5.41, 5.74) is 2.46. The Kier molecular flexibility index (Phi) is 7.30. The van der Waals surface area contributed by atoms with Crippen LogP contribution in [0, 0.1) is 0 Å². The van der Waals surface area contributed by atoms with Crippen molar-refractivity contribution in [2.24, 2.45) is 0 Å². The summed E-state index contributed by atoms with van der Waals surface area (Å²) in [6, 6.07) is 19.2. The maximum absolute atomic E-state index is 13.0. The van der Waals surface area contributed by atoms with Gasteiger partial charge in [-0.15, -0.1) is 0 Å². The molecular formula is C26H20Cl2N2O4. The van der Waals surface area contributed by atoms with E-state index in [4.69, 9.17) is 27.9 Å².